The minimum Gasteiger partial charge on any atom is -0.394 e. The highest BCUT2D eigenvalue weighted by atomic mass is 19.2. The standard InChI is InChI=1S/C20H19BF2N2/c1-14-13-15(2)24-20(14)16(3)19-12-11-18(25(19)21(24,22)23)10-9-17-7-5-4-6-8-17/h4-13H,1-3H3/b10-9+. The molecule has 0 aliphatic carbocycles. The Morgan fingerprint density at radius 1 is 1.00 bits per heavy atom. The SMILES string of the molecule is CC1=C2C=CC(/C=C/c3ccccc3)=[N+]2[B-](F)(F)n2c(C)cc(C)c21. The summed E-state index contributed by atoms with van der Waals surface area (Å²) in [6, 6.07) is 11.5. The van der Waals surface area contributed by atoms with Gasteiger partial charge in [-0.05, 0) is 49.7 Å². The lowest BCUT2D eigenvalue weighted by Crippen LogP contribution is -2.51. The topological polar surface area (TPSA) is 7.94 Å². The molecule has 5 heteroatoms. The van der Waals surface area contributed by atoms with Gasteiger partial charge < -0.3 is 17.6 Å². The highest BCUT2D eigenvalue weighted by Crippen LogP contribution is 2.38. The van der Waals surface area contributed by atoms with E-state index in [0.717, 1.165) is 16.7 Å². The Morgan fingerprint density at radius 2 is 1.72 bits per heavy atom. The minimum absolute atomic E-state index is 0.514. The van der Waals surface area contributed by atoms with E-state index >= 15 is 8.63 Å². The summed E-state index contributed by atoms with van der Waals surface area (Å²) < 4.78 is 33.2. The van der Waals surface area contributed by atoms with E-state index < -0.39 is 6.97 Å². The number of hydrogen-bond donors (Lipinski definition) is 0. The molecule has 3 heterocycles. The first-order valence-electron chi connectivity index (χ1n) is 8.41. The molecule has 25 heavy (non-hydrogen) atoms. The van der Waals surface area contributed by atoms with Gasteiger partial charge in [0.05, 0.1) is 0 Å². The smallest absolute Gasteiger partial charge is 0.394 e. The Hall–Kier alpha value is -2.69. The highest BCUT2D eigenvalue weighted by Gasteiger charge is 2.53. The van der Waals surface area contributed by atoms with Gasteiger partial charge in [0.25, 0.3) is 0 Å². The number of aromatic nitrogens is 1. The number of allylic oxidation sites excluding steroid dienone is 4. The minimum atomic E-state index is -3.92. The fourth-order valence-electron chi connectivity index (χ4n) is 3.93. The molecule has 0 atom stereocenters. The van der Waals surface area contributed by atoms with Crippen LogP contribution in [0, 0.1) is 13.8 Å². The van der Waals surface area contributed by atoms with Gasteiger partial charge in [0.2, 0.25) is 0 Å². The van der Waals surface area contributed by atoms with Crippen molar-refractivity contribution < 1.29 is 13.1 Å². The maximum atomic E-state index is 15.4. The fraction of sp³-hybridized carbons (Fsp3) is 0.150. The highest BCUT2D eigenvalue weighted by molar-refractivity contribution is 6.58. The Bertz CT molecular complexity index is 992. The maximum absolute atomic E-state index is 15.4. The average Bonchev–Trinajstić information content (AvgIpc) is 3.14. The van der Waals surface area contributed by atoms with E-state index in [1.54, 1.807) is 25.2 Å². The van der Waals surface area contributed by atoms with Gasteiger partial charge in [-0.1, -0.05) is 30.3 Å². The molecule has 0 bridgehead atoms. The molecular formula is C20H19BF2N2. The van der Waals surface area contributed by atoms with E-state index in [4.69, 9.17) is 0 Å². The van der Waals surface area contributed by atoms with Gasteiger partial charge in [-0.2, -0.15) is 0 Å². The Kier molecular flexibility index (Phi) is 3.42. The quantitative estimate of drug-likeness (QED) is 0.696. The van der Waals surface area contributed by atoms with E-state index in [1.165, 1.54) is 8.96 Å². The van der Waals surface area contributed by atoms with E-state index in [9.17, 15) is 0 Å². The second kappa shape index (κ2) is 5.41. The molecule has 0 spiro atoms. The Labute approximate surface area is 146 Å². The largest absolute Gasteiger partial charge is 0.737 e. The third kappa shape index (κ3) is 2.26. The molecule has 0 unspecified atom stereocenters. The molecule has 2 aliphatic heterocycles. The first-order valence-corrected chi connectivity index (χ1v) is 8.41. The van der Waals surface area contributed by atoms with E-state index in [0.29, 0.717) is 22.8 Å². The zero-order valence-electron chi connectivity index (χ0n) is 14.5. The summed E-state index contributed by atoms with van der Waals surface area (Å²) >= 11 is 0. The van der Waals surface area contributed by atoms with Crippen LogP contribution in [0.15, 0.2) is 60.3 Å². The molecule has 2 nitrogen and oxygen atoms in total. The number of nitrogens with zero attached hydrogens (tertiary/aromatic N) is 2. The van der Waals surface area contributed by atoms with Crippen molar-refractivity contribution in [2.45, 2.75) is 20.8 Å². The molecule has 126 valence electrons. The van der Waals surface area contributed by atoms with Crippen molar-refractivity contribution in [1.29, 1.82) is 0 Å². The summed E-state index contributed by atoms with van der Waals surface area (Å²) in [6.07, 6.45) is 7.19. The van der Waals surface area contributed by atoms with Crippen LogP contribution in [-0.4, -0.2) is 21.6 Å². The predicted molar refractivity (Wildman–Crippen MR) is 99.8 cm³/mol. The molecule has 0 radical (unpaired) electrons. The van der Waals surface area contributed by atoms with Gasteiger partial charge in [0.15, 0.2) is 11.4 Å². The molecule has 0 fully saturated rings. The normalized spacial score (nSPS) is 18.3. The molecule has 1 aromatic heterocycles. The zero-order valence-corrected chi connectivity index (χ0v) is 14.5. The second-order valence-electron chi connectivity index (χ2n) is 6.66. The van der Waals surface area contributed by atoms with E-state index in [-0.39, 0.29) is 0 Å². The number of aryl methyl sites for hydroxylation is 2. The summed E-state index contributed by atoms with van der Waals surface area (Å²) in [7, 11) is 0. The van der Waals surface area contributed by atoms with Crippen LogP contribution in [0.1, 0.15) is 29.4 Å². The summed E-state index contributed by atoms with van der Waals surface area (Å²) in [5, 5.41) is 0. The van der Waals surface area contributed by atoms with Crippen LogP contribution in [0.5, 0.6) is 0 Å². The van der Waals surface area contributed by atoms with Crippen molar-refractivity contribution in [2.75, 3.05) is 0 Å². The van der Waals surface area contributed by atoms with Crippen molar-refractivity contribution in [3.8, 4) is 0 Å². The van der Waals surface area contributed by atoms with Crippen LogP contribution < -0.4 is 0 Å². The number of halogens is 2. The third-order valence-corrected chi connectivity index (χ3v) is 4.98. The van der Waals surface area contributed by atoms with Crippen molar-refractivity contribution in [3.05, 3.63) is 82.8 Å². The third-order valence-electron chi connectivity index (χ3n) is 4.98. The first kappa shape index (κ1) is 15.8. The number of rotatable bonds is 2. The molecule has 0 saturated heterocycles. The molecule has 2 aromatic rings. The summed E-state index contributed by atoms with van der Waals surface area (Å²) in [5.41, 5.74) is 5.11. The monoisotopic (exact) mass is 336 g/mol. The average molecular weight is 336 g/mol. The van der Waals surface area contributed by atoms with E-state index in [2.05, 4.69) is 0 Å². The van der Waals surface area contributed by atoms with Crippen LogP contribution in [-0.2, 0) is 0 Å². The number of fused-ring (bicyclic) bond motifs is 2. The molecular weight excluding hydrogens is 317 g/mol. The van der Waals surface area contributed by atoms with Gasteiger partial charge in [0, 0.05) is 29.5 Å². The molecule has 1 aromatic carbocycles. The Morgan fingerprint density at radius 3 is 2.44 bits per heavy atom. The zero-order chi connectivity index (χ0) is 17.8. The van der Waals surface area contributed by atoms with Gasteiger partial charge >= 0.3 is 6.97 Å². The first-order chi connectivity index (χ1) is 11.9. The molecule has 0 amide bonds. The van der Waals surface area contributed by atoms with Gasteiger partial charge in [-0.3, -0.25) is 0 Å². The van der Waals surface area contributed by atoms with Crippen molar-refractivity contribution in [3.63, 3.8) is 0 Å². The number of benzene rings is 1. The molecule has 2 aliphatic rings. The predicted octanol–water partition coefficient (Wildman–Crippen LogP) is 4.81. The fourth-order valence-corrected chi connectivity index (χ4v) is 3.93. The summed E-state index contributed by atoms with van der Waals surface area (Å²) in [6.45, 7) is 1.64. The molecule has 0 N–H and O–H groups in total. The molecule has 0 saturated carbocycles. The van der Waals surface area contributed by atoms with Crippen LogP contribution in [0.4, 0.5) is 8.63 Å². The van der Waals surface area contributed by atoms with Gasteiger partial charge in [0.1, 0.15) is 0 Å². The van der Waals surface area contributed by atoms with Crippen LogP contribution in [0.3, 0.4) is 0 Å². The van der Waals surface area contributed by atoms with Gasteiger partial charge in [-0.15, -0.1) is 0 Å². The van der Waals surface area contributed by atoms with E-state index in [1.807, 2.05) is 56.3 Å². The van der Waals surface area contributed by atoms with Crippen molar-refractivity contribution in [1.82, 2.24) is 4.48 Å². The Balaban J connectivity index is 1.90. The lowest BCUT2D eigenvalue weighted by molar-refractivity contribution is -0.360. The lowest BCUT2D eigenvalue weighted by atomic mass is 9.87. The summed E-state index contributed by atoms with van der Waals surface area (Å²) in [4.78, 5) is 0. The number of hydrogen-bond acceptors (Lipinski definition) is 0. The van der Waals surface area contributed by atoms with Gasteiger partial charge in [-0.25, -0.2) is 0 Å². The van der Waals surface area contributed by atoms with Crippen LogP contribution >= 0.6 is 0 Å². The van der Waals surface area contributed by atoms with Crippen LogP contribution in [0.2, 0.25) is 0 Å². The maximum Gasteiger partial charge on any atom is 0.737 e. The van der Waals surface area contributed by atoms with Crippen molar-refractivity contribution in [2.24, 2.45) is 0 Å². The van der Waals surface area contributed by atoms with Crippen LogP contribution in [0.25, 0.3) is 11.6 Å². The molecule has 4 rings (SSSR count). The summed E-state index contributed by atoms with van der Waals surface area (Å²) in [5.74, 6) is 0. The second-order valence-corrected chi connectivity index (χ2v) is 6.66. The lowest BCUT2D eigenvalue weighted by Gasteiger charge is -2.32. The van der Waals surface area contributed by atoms with Crippen molar-refractivity contribution >= 4 is 24.3 Å².